The van der Waals surface area contributed by atoms with Crippen LogP contribution >= 0.6 is 0 Å². The predicted molar refractivity (Wildman–Crippen MR) is 178 cm³/mol. The van der Waals surface area contributed by atoms with Crippen LogP contribution in [0.25, 0.3) is 0 Å². The van der Waals surface area contributed by atoms with Gasteiger partial charge < -0.3 is 22.9 Å². The normalized spacial score (nSPS) is 12.2. The zero-order chi connectivity index (χ0) is 26.0. The van der Waals surface area contributed by atoms with E-state index in [2.05, 4.69) is 80.7 Å². The van der Waals surface area contributed by atoms with E-state index in [-0.39, 0.29) is 35.1 Å². The molecule has 2 unspecified atom stereocenters. The van der Waals surface area contributed by atoms with Crippen LogP contribution in [0.2, 0.25) is 0 Å². The lowest BCUT2D eigenvalue weighted by Gasteiger charge is -2.20. The van der Waals surface area contributed by atoms with Crippen molar-refractivity contribution in [2.75, 3.05) is 26.2 Å². The van der Waals surface area contributed by atoms with Crippen molar-refractivity contribution in [3.8, 4) is 0 Å². The van der Waals surface area contributed by atoms with E-state index in [1.807, 2.05) is 6.08 Å². The van der Waals surface area contributed by atoms with E-state index in [4.69, 9.17) is 22.9 Å². The minimum absolute atomic E-state index is 0. The lowest BCUT2D eigenvalue weighted by Crippen LogP contribution is -2.23. The summed E-state index contributed by atoms with van der Waals surface area (Å²) in [7, 11) is 0. The van der Waals surface area contributed by atoms with Crippen molar-refractivity contribution in [2.24, 2.45) is 34.3 Å². The van der Waals surface area contributed by atoms with Crippen LogP contribution in [0.3, 0.4) is 0 Å². The maximum atomic E-state index is 5.46. The van der Waals surface area contributed by atoms with Gasteiger partial charge in [-0.1, -0.05) is 127 Å². The van der Waals surface area contributed by atoms with Crippen LogP contribution in [-0.4, -0.2) is 26.2 Å². The fourth-order valence-corrected chi connectivity index (χ4v) is 2.18. The SMILES string of the molecule is C.C.C.C.C=C(CN)C(C)CC.C=CC(C)(CC)CN.CC/C=C(/CC)CN.CC/C=C(\CC)CN. The van der Waals surface area contributed by atoms with Gasteiger partial charge in [0.05, 0.1) is 0 Å². The van der Waals surface area contributed by atoms with Gasteiger partial charge in [0.25, 0.3) is 0 Å². The van der Waals surface area contributed by atoms with Crippen LogP contribution in [0.1, 0.15) is 124 Å². The molecule has 0 aliphatic heterocycles. The largest absolute Gasteiger partial charge is 0.330 e. The zero-order valence-electron chi connectivity index (χ0n) is 23.1. The molecule has 0 aromatic rings. The van der Waals surface area contributed by atoms with E-state index < -0.39 is 0 Å². The number of hydrogen-bond donors (Lipinski definition) is 4. The second-order valence-electron chi connectivity index (χ2n) is 8.24. The Morgan fingerprint density at radius 2 is 1.11 bits per heavy atom. The smallest absolute Gasteiger partial charge is 0.0136 e. The maximum absolute atomic E-state index is 5.46. The van der Waals surface area contributed by atoms with E-state index in [9.17, 15) is 0 Å². The zero-order valence-corrected chi connectivity index (χ0v) is 23.1. The molecule has 0 fully saturated rings. The Morgan fingerprint density at radius 3 is 1.17 bits per heavy atom. The molecule has 4 nitrogen and oxygen atoms in total. The molecule has 4 heteroatoms. The van der Waals surface area contributed by atoms with E-state index in [0.717, 1.165) is 57.2 Å². The lowest BCUT2D eigenvalue weighted by molar-refractivity contribution is 0.425. The third-order valence-electron chi connectivity index (χ3n) is 5.76. The third kappa shape index (κ3) is 37.4. The van der Waals surface area contributed by atoms with Crippen LogP contribution in [-0.2, 0) is 0 Å². The molecule has 0 bridgehead atoms. The van der Waals surface area contributed by atoms with E-state index >= 15 is 0 Å². The molecule has 0 saturated carbocycles. The van der Waals surface area contributed by atoms with E-state index in [1.165, 1.54) is 11.1 Å². The van der Waals surface area contributed by atoms with Gasteiger partial charge in [-0.15, -0.1) is 6.58 Å². The molecule has 0 aliphatic rings. The average Bonchev–Trinajstić information content (AvgIpc) is 2.85. The Balaban J connectivity index is -0.0000000467. The standard InChI is InChI=1S/4C7H15N.4CH4/c1-4-6(2)7(3)5-8;1-4-7(3,5-2)6-8;2*1-3-5-7(4-2)6-8;;;;/h6H,3-5,8H2,1-2H3;4H,1,5-6,8H2,2-3H3;2*5H,3-4,6,8H2,1-2H3;4*1H4/b;;7-5+;7-5-;;;;. The fraction of sp³-hybridized carbons (Fsp3) is 0.750. The van der Waals surface area contributed by atoms with E-state index in [0.29, 0.717) is 19.0 Å². The first-order valence-corrected chi connectivity index (χ1v) is 12.6. The number of nitrogens with two attached hydrogens (primary N) is 4. The number of rotatable bonds is 12. The van der Waals surface area contributed by atoms with Crippen LogP contribution in [0.4, 0.5) is 0 Å². The molecule has 36 heavy (non-hydrogen) atoms. The van der Waals surface area contributed by atoms with Crippen LogP contribution in [0.5, 0.6) is 0 Å². The van der Waals surface area contributed by atoms with Crippen LogP contribution in [0, 0.1) is 11.3 Å². The second kappa shape index (κ2) is 40.9. The molecule has 2 atom stereocenters. The highest BCUT2D eigenvalue weighted by Gasteiger charge is 2.13. The maximum Gasteiger partial charge on any atom is 0.0136 e. The molecule has 0 aromatic carbocycles. The van der Waals surface area contributed by atoms with E-state index in [1.54, 1.807) is 0 Å². The monoisotopic (exact) mass is 517 g/mol. The third-order valence-corrected chi connectivity index (χ3v) is 5.76. The van der Waals surface area contributed by atoms with Crippen LogP contribution < -0.4 is 22.9 Å². The molecular formula is C32H76N4. The van der Waals surface area contributed by atoms with Gasteiger partial charge in [0.2, 0.25) is 0 Å². The Kier molecular flexibility index (Phi) is 63.0. The Bertz CT molecular complexity index is 441. The van der Waals surface area contributed by atoms with Gasteiger partial charge in [-0.05, 0) is 49.9 Å². The topological polar surface area (TPSA) is 104 Å². The van der Waals surface area contributed by atoms with Gasteiger partial charge in [0.1, 0.15) is 0 Å². The molecule has 8 N–H and O–H groups in total. The molecule has 0 spiro atoms. The van der Waals surface area contributed by atoms with Gasteiger partial charge in [-0.2, -0.15) is 0 Å². The minimum atomic E-state index is 0. The number of hydrogen-bond acceptors (Lipinski definition) is 4. The van der Waals surface area contributed by atoms with Crippen molar-refractivity contribution >= 4 is 0 Å². The lowest BCUT2D eigenvalue weighted by atomic mass is 9.88. The summed E-state index contributed by atoms with van der Waals surface area (Å²) < 4.78 is 0. The molecule has 0 aliphatic carbocycles. The van der Waals surface area contributed by atoms with Crippen molar-refractivity contribution in [3.05, 3.63) is 48.1 Å². The molecule has 0 rings (SSSR count). The quantitative estimate of drug-likeness (QED) is 0.194. The van der Waals surface area contributed by atoms with Gasteiger partial charge in [-0.3, -0.25) is 0 Å². The predicted octanol–water partition coefficient (Wildman–Crippen LogP) is 9.02. The Morgan fingerprint density at radius 1 is 0.750 bits per heavy atom. The summed E-state index contributed by atoms with van der Waals surface area (Å²) in [5.41, 5.74) is 25.7. The summed E-state index contributed by atoms with van der Waals surface area (Å²) in [6, 6.07) is 0. The summed E-state index contributed by atoms with van der Waals surface area (Å²) in [5.74, 6) is 0.597. The highest BCUT2D eigenvalue weighted by Crippen LogP contribution is 2.19. The summed E-state index contributed by atoms with van der Waals surface area (Å²) in [4.78, 5) is 0. The number of allylic oxidation sites excluding steroid dienone is 2. The summed E-state index contributed by atoms with van der Waals surface area (Å²) in [6.45, 7) is 27.4. The summed E-state index contributed by atoms with van der Waals surface area (Å²) >= 11 is 0. The first kappa shape index (κ1) is 55.4. The fourth-order valence-electron chi connectivity index (χ4n) is 2.18. The highest BCUT2D eigenvalue weighted by molar-refractivity contribution is 5.02. The molecular weight excluding hydrogens is 440 g/mol. The summed E-state index contributed by atoms with van der Waals surface area (Å²) in [5, 5.41) is 0. The average molecular weight is 517 g/mol. The first-order chi connectivity index (χ1) is 15.1. The Labute approximate surface area is 232 Å². The molecule has 224 valence electrons. The Hall–Kier alpha value is -1.20. The molecule has 0 aromatic heterocycles. The molecule has 0 heterocycles. The second-order valence-corrected chi connectivity index (χ2v) is 8.24. The first-order valence-electron chi connectivity index (χ1n) is 12.6. The molecule has 0 amide bonds. The highest BCUT2D eigenvalue weighted by atomic mass is 14.6. The summed E-state index contributed by atoms with van der Waals surface area (Å²) in [6.07, 6.45) is 13.0. The van der Waals surface area contributed by atoms with Crippen molar-refractivity contribution in [2.45, 2.75) is 124 Å². The molecule has 0 saturated heterocycles. The van der Waals surface area contributed by atoms with Crippen molar-refractivity contribution in [3.63, 3.8) is 0 Å². The van der Waals surface area contributed by atoms with Crippen molar-refractivity contribution in [1.82, 2.24) is 0 Å². The minimum Gasteiger partial charge on any atom is -0.330 e. The van der Waals surface area contributed by atoms with Crippen LogP contribution in [0.15, 0.2) is 48.1 Å². The van der Waals surface area contributed by atoms with Gasteiger partial charge in [0, 0.05) is 26.2 Å². The molecule has 0 radical (unpaired) electrons. The van der Waals surface area contributed by atoms with Crippen molar-refractivity contribution < 1.29 is 0 Å². The van der Waals surface area contributed by atoms with Crippen molar-refractivity contribution in [1.29, 1.82) is 0 Å². The van der Waals surface area contributed by atoms with Gasteiger partial charge in [0.15, 0.2) is 0 Å². The van der Waals surface area contributed by atoms with Gasteiger partial charge >= 0.3 is 0 Å². The van der Waals surface area contributed by atoms with Gasteiger partial charge in [-0.25, -0.2) is 0 Å².